The van der Waals surface area contributed by atoms with Crippen LogP contribution in [-0.2, 0) is 0 Å². The highest BCUT2D eigenvalue weighted by molar-refractivity contribution is 14.1. The molecule has 74 valence electrons. The summed E-state index contributed by atoms with van der Waals surface area (Å²) in [4.78, 5) is 0. The van der Waals surface area contributed by atoms with Gasteiger partial charge in [-0.05, 0) is 40.8 Å². The van der Waals surface area contributed by atoms with Crippen molar-refractivity contribution in [3.63, 3.8) is 0 Å². The third-order valence-electron chi connectivity index (χ3n) is 1.89. The topological polar surface area (TPSA) is 0 Å². The van der Waals surface area contributed by atoms with Crippen molar-refractivity contribution in [2.45, 2.75) is 10.6 Å². The van der Waals surface area contributed by atoms with E-state index in [0.29, 0.717) is 8.96 Å². The Balaban J connectivity index is 2.82. The summed E-state index contributed by atoms with van der Waals surface area (Å²) >= 11 is 7.52. The molecule has 0 saturated heterocycles. The highest BCUT2D eigenvalue weighted by atomic mass is 127. The van der Waals surface area contributed by atoms with Crippen LogP contribution in [0.2, 0.25) is 0 Å². The highest BCUT2D eigenvalue weighted by Crippen LogP contribution is 2.37. The molecule has 1 aromatic carbocycles. The molecule has 0 unspecified atom stereocenters. The molecule has 0 nitrogen and oxygen atoms in total. The van der Waals surface area contributed by atoms with Gasteiger partial charge in [0.1, 0.15) is 0 Å². The van der Waals surface area contributed by atoms with E-state index in [1.807, 2.05) is 28.7 Å². The molecular formula is C9H5F2IS2. The van der Waals surface area contributed by atoms with Gasteiger partial charge in [-0.15, -0.1) is 24.0 Å². The summed E-state index contributed by atoms with van der Waals surface area (Å²) in [5.74, 6) is 0. The van der Waals surface area contributed by atoms with Crippen LogP contribution < -0.4 is 0 Å². The van der Waals surface area contributed by atoms with Crippen LogP contribution in [0.15, 0.2) is 22.4 Å². The standard InChI is InChI=1S/C9H5F2IS2/c10-9(11)8-4-3-7(13)14-6(4)2-1-5(8)12/h1-3,9,13H. The number of benzene rings is 1. The van der Waals surface area contributed by atoms with E-state index in [0.717, 1.165) is 8.91 Å². The van der Waals surface area contributed by atoms with Crippen LogP contribution >= 0.6 is 46.6 Å². The zero-order valence-corrected chi connectivity index (χ0v) is 10.7. The summed E-state index contributed by atoms with van der Waals surface area (Å²) in [6.45, 7) is 0. The summed E-state index contributed by atoms with van der Waals surface area (Å²) in [5.41, 5.74) is 0.125. The van der Waals surface area contributed by atoms with Crippen LogP contribution in [0, 0.1) is 3.57 Å². The van der Waals surface area contributed by atoms with Crippen molar-refractivity contribution in [3.8, 4) is 0 Å². The molecule has 2 aromatic rings. The first-order chi connectivity index (χ1) is 6.59. The lowest BCUT2D eigenvalue weighted by molar-refractivity contribution is 0.152. The number of rotatable bonds is 1. The number of halogens is 3. The minimum Gasteiger partial charge on any atom is -0.205 e. The van der Waals surface area contributed by atoms with Crippen LogP contribution in [0.25, 0.3) is 10.1 Å². The Labute approximate surface area is 103 Å². The van der Waals surface area contributed by atoms with Crippen molar-refractivity contribution in [1.82, 2.24) is 0 Å². The van der Waals surface area contributed by atoms with E-state index < -0.39 is 6.43 Å². The molecule has 0 fully saturated rings. The van der Waals surface area contributed by atoms with Crippen LogP contribution in [0.3, 0.4) is 0 Å². The van der Waals surface area contributed by atoms with Gasteiger partial charge in [-0.3, -0.25) is 0 Å². The van der Waals surface area contributed by atoms with Crippen molar-refractivity contribution < 1.29 is 8.78 Å². The zero-order valence-electron chi connectivity index (χ0n) is 6.80. The summed E-state index contributed by atoms with van der Waals surface area (Å²) in [6, 6.07) is 5.27. The van der Waals surface area contributed by atoms with Crippen LogP contribution in [-0.4, -0.2) is 0 Å². The van der Waals surface area contributed by atoms with Gasteiger partial charge in [0, 0.05) is 19.2 Å². The van der Waals surface area contributed by atoms with Crippen LogP contribution in [0.1, 0.15) is 12.0 Å². The Morgan fingerprint density at radius 1 is 1.36 bits per heavy atom. The van der Waals surface area contributed by atoms with Crippen LogP contribution in [0.5, 0.6) is 0 Å². The number of fused-ring (bicyclic) bond motifs is 1. The van der Waals surface area contributed by atoms with Crippen molar-refractivity contribution in [2.24, 2.45) is 0 Å². The molecule has 0 N–H and O–H groups in total. The number of thiophene rings is 1. The van der Waals surface area contributed by atoms with E-state index >= 15 is 0 Å². The largest absolute Gasteiger partial charge is 0.265 e. The van der Waals surface area contributed by atoms with E-state index in [9.17, 15) is 8.78 Å². The SMILES string of the molecule is FC(F)c1c(I)ccc2sc(S)cc12. The number of thiol groups is 1. The van der Waals surface area contributed by atoms with Crippen molar-refractivity contribution >= 4 is 56.6 Å². The predicted molar refractivity (Wildman–Crippen MR) is 66.8 cm³/mol. The molecule has 0 spiro atoms. The number of hydrogen-bond donors (Lipinski definition) is 1. The second kappa shape index (κ2) is 3.94. The lowest BCUT2D eigenvalue weighted by Gasteiger charge is -2.04. The second-order valence-corrected chi connectivity index (χ2v) is 5.79. The third-order valence-corrected chi connectivity index (χ3v) is 4.14. The normalized spacial score (nSPS) is 11.5. The average Bonchev–Trinajstić information content (AvgIpc) is 2.43. The molecule has 0 aliphatic rings. The number of hydrogen-bond acceptors (Lipinski definition) is 2. The van der Waals surface area contributed by atoms with E-state index in [-0.39, 0.29) is 5.56 Å². The quantitative estimate of drug-likeness (QED) is 0.562. The maximum atomic E-state index is 12.7. The first-order valence-corrected chi connectivity index (χ1v) is 6.13. The van der Waals surface area contributed by atoms with Gasteiger partial charge in [0.15, 0.2) is 0 Å². The molecule has 0 radical (unpaired) electrons. The van der Waals surface area contributed by atoms with E-state index in [1.165, 1.54) is 11.3 Å². The molecule has 1 aromatic heterocycles. The van der Waals surface area contributed by atoms with Gasteiger partial charge >= 0.3 is 0 Å². The highest BCUT2D eigenvalue weighted by Gasteiger charge is 2.16. The van der Waals surface area contributed by atoms with Gasteiger partial charge in [-0.25, -0.2) is 8.78 Å². The van der Waals surface area contributed by atoms with Gasteiger partial charge in [0.05, 0.1) is 4.21 Å². The maximum Gasteiger partial charge on any atom is 0.265 e. The zero-order chi connectivity index (χ0) is 10.3. The molecule has 0 atom stereocenters. The van der Waals surface area contributed by atoms with E-state index in [2.05, 4.69) is 12.6 Å². The molecule has 0 amide bonds. The van der Waals surface area contributed by atoms with Crippen molar-refractivity contribution in [1.29, 1.82) is 0 Å². The Hall–Kier alpha value is 0.120. The maximum absolute atomic E-state index is 12.7. The molecule has 0 aliphatic heterocycles. The molecule has 0 aliphatic carbocycles. The summed E-state index contributed by atoms with van der Waals surface area (Å²) in [6.07, 6.45) is -2.42. The third kappa shape index (κ3) is 1.77. The fourth-order valence-corrected chi connectivity index (χ4v) is 3.26. The van der Waals surface area contributed by atoms with E-state index in [4.69, 9.17) is 0 Å². The monoisotopic (exact) mass is 342 g/mol. The molecule has 5 heteroatoms. The predicted octanol–water partition coefficient (Wildman–Crippen LogP) is 4.73. The van der Waals surface area contributed by atoms with Gasteiger partial charge < -0.3 is 0 Å². The Morgan fingerprint density at radius 2 is 2.07 bits per heavy atom. The summed E-state index contributed by atoms with van der Waals surface area (Å²) in [7, 11) is 0. The summed E-state index contributed by atoms with van der Waals surface area (Å²) < 4.78 is 27.7. The Morgan fingerprint density at radius 3 is 2.71 bits per heavy atom. The molecule has 2 rings (SSSR count). The fraction of sp³-hybridized carbons (Fsp3) is 0.111. The van der Waals surface area contributed by atoms with Gasteiger partial charge in [-0.2, -0.15) is 0 Å². The molecule has 0 saturated carbocycles. The summed E-state index contributed by atoms with van der Waals surface area (Å²) in [5, 5.41) is 0.627. The Bertz CT molecular complexity index is 479. The van der Waals surface area contributed by atoms with Gasteiger partial charge in [0.2, 0.25) is 0 Å². The fourth-order valence-electron chi connectivity index (χ4n) is 1.32. The first kappa shape index (κ1) is 10.6. The molecule has 0 bridgehead atoms. The Kier molecular flexibility index (Phi) is 2.99. The molecular weight excluding hydrogens is 337 g/mol. The lowest BCUT2D eigenvalue weighted by Crippen LogP contribution is -1.89. The number of alkyl halides is 2. The van der Waals surface area contributed by atoms with Crippen molar-refractivity contribution in [3.05, 3.63) is 27.3 Å². The minimum atomic E-state index is -2.42. The average molecular weight is 342 g/mol. The second-order valence-electron chi connectivity index (χ2n) is 2.76. The van der Waals surface area contributed by atoms with Gasteiger partial charge in [-0.1, -0.05) is 0 Å². The van der Waals surface area contributed by atoms with Gasteiger partial charge in [0.25, 0.3) is 6.43 Å². The van der Waals surface area contributed by atoms with Crippen molar-refractivity contribution in [2.75, 3.05) is 0 Å². The van der Waals surface area contributed by atoms with E-state index in [1.54, 1.807) is 12.1 Å². The molecule has 1 heterocycles. The van der Waals surface area contributed by atoms with Crippen LogP contribution in [0.4, 0.5) is 8.78 Å². The smallest absolute Gasteiger partial charge is 0.205 e. The lowest BCUT2D eigenvalue weighted by atomic mass is 10.1. The minimum absolute atomic E-state index is 0.125. The molecule has 14 heavy (non-hydrogen) atoms. The first-order valence-electron chi connectivity index (χ1n) is 3.78.